The number of hydrogen-bond donors (Lipinski definition) is 2. The number of carbonyl (C=O) groups is 1. The van der Waals surface area contributed by atoms with Crippen LogP contribution in [0.4, 0.5) is 0 Å². The average Bonchev–Trinajstić information content (AvgIpc) is 2.54. The highest BCUT2D eigenvalue weighted by atomic mass is 35.5. The molecule has 0 bridgehead atoms. The Balaban J connectivity index is 0.00000192. The van der Waals surface area contributed by atoms with E-state index < -0.39 is 5.63 Å². The lowest BCUT2D eigenvalue weighted by Crippen LogP contribution is -2.45. The molecule has 5 nitrogen and oxygen atoms in total. The minimum atomic E-state index is -0.601. The van der Waals surface area contributed by atoms with Gasteiger partial charge in [-0.05, 0) is 37.4 Å². The van der Waals surface area contributed by atoms with Crippen LogP contribution in [0.2, 0.25) is 0 Å². The molecule has 1 fully saturated rings. The van der Waals surface area contributed by atoms with Gasteiger partial charge in [-0.25, -0.2) is 4.79 Å². The monoisotopic (exact) mass is 336 g/mol. The molecule has 1 saturated carbocycles. The van der Waals surface area contributed by atoms with Crippen LogP contribution in [0.15, 0.2) is 39.5 Å². The largest absolute Gasteiger partial charge is 0.422 e. The molecule has 124 valence electrons. The molecule has 0 spiro atoms. The Labute approximate surface area is 140 Å². The normalized spacial score (nSPS) is 20.7. The molecular formula is C17H21ClN2O3. The van der Waals surface area contributed by atoms with Crippen LogP contribution >= 0.6 is 12.4 Å². The molecule has 3 N–H and O–H groups in total. The van der Waals surface area contributed by atoms with E-state index >= 15 is 0 Å². The van der Waals surface area contributed by atoms with E-state index in [1.54, 1.807) is 18.2 Å². The molecule has 1 amide bonds. The van der Waals surface area contributed by atoms with Gasteiger partial charge in [0, 0.05) is 11.4 Å². The van der Waals surface area contributed by atoms with Crippen molar-refractivity contribution in [3.05, 3.63) is 46.3 Å². The number of nitrogens with two attached hydrogens (primary N) is 1. The maximum Gasteiger partial charge on any atom is 0.349 e. The van der Waals surface area contributed by atoms with Crippen molar-refractivity contribution in [2.75, 3.05) is 6.54 Å². The summed E-state index contributed by atoms with van der Waals surface area (Å²) in [5.74, 6) is -0.0879. The molecule has 1 heterocycles. The number of halogens is 1. The minimum absolute atomic E-state index is 0. The van der Waals surface area contributed by atoms with Crippen molar-refractivity contribution in [2.45, 2.75) is 31.7 Å². The lowest BCUT2D eigenvalue weighted by molar-refractivity contribution is 0.0904. The van der Waals surface area contributed by atoms with Crippen molar-refractivity contribution in [1.29, 1.82) is 0 Å². The smallest absolute Gasteiger partial charge is 0.349 e. The van der Waals surface area contributed by atoms with Crippen molar-refractivity contribution in [3.63, 3.8) is 0 Å². The zero-order valence-electron chi connectivity index (χ0n) is 12.8. The van der Waals surface area contributed by atoms with Gasteiger partial charge in [-0.3, -0.25) is 4.79 Å². The first-order valence-corrected chi connectivity index (χ1v) is 7.73. The molecule has 23 heavy (non-hydrogen) atoms. The first-order chi connectivity index (χ1) is 10.7. The highest BCUT2D eigenvalue weighted by Crippen LogP contribution is 2.23. The number of rotatable bonds is 3. The summed E-state index contributed by atoms with van der Waals surface area (Å²) in [6, 6.07) is 8.80. The fourth-order valence-corrected chi connectivity index (χ4v) is 3.15. The number of nitrogens with one attached hydrogen (secondary N) is 1. The molecule has 1 aliphatic rings. The zero-order chi connectivity index (χ0) is 15.5. The van der Waals surface area contributed by atoms with Crippen LogP contribution in [0.1, 0.15) is 36.0 Å². The summed E-state index contributed by atoms with van der Waals surface area (Å²) < 4.78 is 5.22. The molecule has 0 radical (unpaired) electrons. The van der Waals surface area contributed by atoms with Gasteiger partial charge in [0.15, 0.2) is 0 Å². The molecule has 2 atom stereocenters. The molecule has 1 aliphatic carbocycles. The summed E-state index contributed by atoms with van der Waals surface area (Å²) in [6.45, 7) is 0.553. The first kappa shape index (κ1) is 17.5. The van der Waals surface area contributed by atoms with Gasteiger partial charge in [0.05, 0.1) is 0 Å². The number of fused-ring (bicyclic) bond motifs is 1. The fourth-order valence-electron chi connectivity index (χ4n) is 3.15. The Morgan fingerprint density at radius 3 is 2.78 bits per heavy atom. The Hall–Kier alpha value is -1.85. The van der Waals surface area contributed by atoms with Crippen LogP contribution in [0, 0.1) is 5.92 Å². The SMILES string of the molecule is Cl.NCC1CCCCC1NC(=O)c1cc2ccccc2oc1=O. The lowest BCUT2D eigenvalue weighted by atomic mass is 9.84. The van der Waals surface area contributed by atoms with E-state index in [1.165, 1.54) is 0 Å². The van der Waals surface area contributed by atoms with Gasteiger partial charge in [0.25, 0.3) is 5.91 Å². The van der Waals surface area contributed by atoms with Gasteiger partial charge in [0.2, 0.25) is 0 Å². The summed E-state index contributed by atoms with van der Waals surface area (Å²) in [6.07, 6.45) is 4.15. The number of benzene rings is 1. The van der Waals surface area contributed by atoms with Gasteiger partial charge < -0.3 is 15.5 Å². The summed E-state index contributed by atoms with van der Waals surface area (Å²) in [5, 5.41) is 3.70. The third-order valence-electron chi connectivity index (χ3n) is 4.41. The van der Waals surface area contributed by atoms with Crippen molar-refractivity contribution >= 4 is 29.3 Å². The van der Waals surface area contributed by atoms with Crippen LogP contribution in [-0.2, 0) is 0 Å². The maximum atomic E-state index is 12.4. The second-order valence-corrected chi connectivity index (χ2v) is 5.85. The highest BCUT2D eigenvalue weighted by molar-refractivity contribution is 5.96. The number of amides is 1. The standard InChI is InChI=1S/C17H20N2O3.ClH/c18-10-12-6-1-3-7-14(12)19-16(20)13-9-11-5-2-4-8-15(11)22-17(13)21;/h2,4-5,8-9,12,14H,1,3,6-7,10,18H2,(H,19,20);1H. The van der Waals surface area contributed by atoms with Gasteiger partial charge in [0.1, 0.15) is 11.1 Å². The fraction of sp³-hybridized carbons (Fsp3) is 0.412. The minimum Gasteiger partial charge on any atom is -0.422 e. The summed E-state index contributed by atoms with van der Waals surface area (Å²) >= 11 is 0. The summed E-state index contributed by atoms with van der Waals surface area (Å²) in [7, 11) is 0. The van der Waals surface area contributed by atoms with Gasteiger partial charge in [-0.1, -0.05) is 31.0 Å². The predicted molar refractivity (Wildman–Crippen MR) is 92.0 cm³/mol. The van der Waals surface area contributed by atoms with Crippen LogP contribution in [0.3, 0.4) is 0 Å². The molecule has 6 heteroatoms. The molecule has 1 aromatic carbocycles. The second kappa shape index (κ2) is 7.62. The topological polar surface area (TPSA) is 85.3 Å². The molecule has 1 aromatic heterocycles. The zero-order valence-corrected chi connectivity index (χ0v) is 13.6. The van der Waals surface area contributed by atoms with Gasteiger partial charge >= 0.3 is 5.63 Å². The van der Waals surface area contributed by atoms with E-state index in [-0.39, 0.29) is 35.8 Å². The third-order valence-corrected chi connectivity index (χ3v) is 4.41. The van der Waals surface area contributed by atoms with E-state index in [2.05, 4.69) is 5.32 Å². The molecule has 0 aliphatic heterocycles. The number of carbonyl (C=O) groups excluding carboxylic acids is 1. The average molecular weight is 337 g/mol. The van der Waals surface area contributed by atoms with E-state index in [4.69, 9.17) is 10.2 Å². The summed E-state index contributed by atoms with van der Waals surface area (Å²) in [5.41, 5.74) is 5.72. The van der Waals surface area contributed by atoms with E-state index in [9.17, 15) is 9.59 Å². The Morgan fingerprint density at radius 1 is 1.26 bits per heavy atom. The Morgan fingerprint density at radius 2 is 2.00 bits per heavy atom. The lowest BCUT2D eigenvalue weighted by Gasteiger charge is -2.31. The van der Waals surface area contributed by atoms with E-state index in [0.717, 1.165) is 31.1 Å². The second-order valence-electron chi connectivity index (χ2n) is 5.85. The van der Waals surface area contributed by atoms with Crippen LogP contribution in [0.5, 0.6) is 0 Å². The van der Waals surface area contributed by atoms with Crippen LogP contribution in [-0.4, -0.2) is 18.5 Å². The quantitative estimate of drug-likeness (QED) is 0.843. The third kappa shape index (κ3) is 3.74. The Bertz CT molecular complexity index is 744. The maximum absolute atomic E-state index is 12.4. The number of hydrogen-bond acceptors (Lipinski definition) is 4. The summed E-state index contributed by atoms with van der Waals surface area (Å²) in [4.78, 5) is 24.4. The number of para-hydroxylation sites is 1. The van der Waals surface area contributed by atoms with Crippen LogP contribution in [0.25, 0.3) is 11.0 Å². The van der Waals surface area contributed by atoms with E-state index in [0.29, 0.717) is 12.1 Å². The van der Waals surface area contributed by atoms with Crippen LogP contribution < -0.4 is 16.7 Å². The van der Waals surface area contributed by atoms with Crippen molar-refractivity contribution < 1.29 is 9.21 Å². The molecule has 2 unspecified atom stereocenters. The van der Waals surface area contributed by atoms with Gasteiger partial charge in [-0.2, -0.15) is 0 Å². The Kier molecular flexibility index (Phi) is 5.80. The molecule has 2 aromatic rings. The van der Waals surface area contributed by atoms with Crippen molar-refractivity contribution in [1.82, 2.24) is 5.32 Å². The predicted octanol–water partition coefficient (Wildman–Crippen LogP) is 2.46. The van der Waals surface area contributed by atoms with E-state index in [1.807, 2.05) is 12.1 Å². The first-order valence-electron chi connectivity index (χ1n) is 7.73. The van der Waals surface area contributed by atoms with Crippen molar-refractivity contribution in [3.8, 4) is 0 Å². The molecular weight excluding hydrogens is 316 g/mol. The molecule has 0 saturated heterocycles. The van der Waals surface area contributed by atoms with Gasteiger partial charge in [-0.15, -0.1) is 12.4 Å². The highest BCUT2D eigenvalue weighted by Gasteiger charge is 2.26. The molecule has 3 rings (SSSR count). The van der Waals surface area contributed by atoms with Crippen molar-refractivity contribution in [2.24, 2.45) is 11.7 Å².